The molecule has 0 aromatic heterocycles. The molecule has 4 heteroatoms. The number of aliphatic hydroxyl groups is 1. The number of hydrogen-bond donors (Lipinski definition) is 1. The summed E-state index contributed by atoms with van der Waals surface area (Å²) in [5.41, 5.74) is 0.313. The minimum atomic E-state index is -0.828. The van der Waals surface area contributed by atoms with E-state index in [9.17, 15) is 9.90 Å². The van der Waals surface area contributed by atoms with E-state index in [2.05, 4.69) is 0 Å². The molecule has 21 heavy (non-hydrogen) atoms. The van der Waals surface area contributed by atoms with E-state index in [1.54, 1.807) is 18.7 Å². The van der Waals surface area contributed by atoms with Gasteiger partial charge in [-0.2, -0.15) is 0 Å². The summed E-state index contributed by atoms with van der Waals surface area (Å²) in [5, 5.41) is 10.1. The van der Waals surface area contributed by atoms with Crippen LogP contribution in [0.3, 0.4) is 0 Å². The molecule has 1 aromatic carbocycles. The summed E-state index contributed by atoms with van der Waals surface area (Å²) < 4.78 is 0. The normalized spacial score (nSPS) is 12.0. The third kappa shape index (κ3) is 6.74. The van der Waals surface area contributed by atoms with Gasteiger partial charge in [0.1, 0.15) is 0 Å². The molecule has 0 fully saturated rings. The third-order valence-electron chi connectivity index (χ3n) is 3.39. The Morgan fingerprint density at radius 2 is 1.81 bits per heavy atom. The lowest BCUT2D eigenvalue weighted by Gasteiger charge is -2.31. The summed E-state index contributed by atoms with van der Waals surface area (Å²) in [6.07, 6.45) is 0. The molecule has 0 atom stereocenters. The van der Waals surface area contributed by atoms with Gasteiger partial charge in [0.25, 0.3) is 0 Å². The van der Waals surface area contributed by atoms with Crippen LogP contribution in [0.2, 0.25) is 0 Å². The highest BCUT2D eigenvalue weighted by molar-refractivity contribution is 5.78. The van der Waals surface area contributed by atoms with Gasteiger partial charge in [-0.1, -0.05) is 30.3 Å². The Morgan fingerprint density at radius 3 is 2.29 bits per heavy atom. The number of carbonyl (C=O) groups is 1. The van der Waals surface area contributed by atoms with Crippen molar-refractivity contribution >= 4 is 5.91 Å². The number of hydrogen-bond acceptors (Lipinski definition) is 3. The smallest absolute Gasteiger partial charge is 0.236 e. The number of carbonyl (C=O) groups excluding carboxylic acids is 1. The van der Waals surface area contributed by atoms with Crippen molar-refractivity contribution in [3.63, 3.8) is 0 Å². The Labute approximate surface area is 128 Å². The summed E-state index contributed by atoms with van der Waals surface area (Å²) in [4.78, 5) is 16.0. The van der Waals surface area contributed by atoms with E-state index in [4.69, 9.17) is 0 Å². The van der Waals surface area contributed by atoms with Crippen LogP contribution < -0.4 is 0 Å². The molecule has 0 bridgehead atoms. The third-order valence-corrected chi connectivity index (χ3v) is 3.39. The number of likely N-dealkylation sites (N-methyl/N-ethyl adjacent to an activating group) is 1. The molecule has 1 amide bonds. The Bertz CT molecular complexity index is 438. The number of benzene rings is 1. The summed E-state index contributed by atoms with van der Waals surface area (Å²) in [6.45, 7) is 8.95. The fourth-order valence-corrected chi connectivity index (χ4v) is 2.15. The fraction of sp³-hybridized carbons (Fsp3) is 0.588. The maximum Gasteiger partial charge on any atom is 0.236 e. The van der Waals surface area contributed by atoms with Gasteiger partial charge in [-0.15, -0.1) is 0 Å². The van der Waals surface area contributed by atoms with Crippen molar-refractivity contribution in [1.82, 2.24) is 9.80 Å². The summed E-state index contributed by atoms with van der Waals surface area (Å²) in [6, 6.07) is 10.2. The van der Waals surface area contributed by atoms with Crippen molar-refractivity contribution < 1.29 is 9.90 Å². The van der Waals surface area contributed by atoms with Gasteiger partial charge in [0.2, 0.25) is 5.91 Å². The monoisotopic (exact) mass is 292 g/mol. The molecule has 0 unspecified atom stereocenters. The van der Waals surface area contributed by atoms with E-state index in [-0.39, 0.29) is 11.9 Å². The van der Waals surface area contributed by atoms with Gasteiger partial charge >= 0.3 is 0 Å². The lowest BCUT2D eigenvalue weighted by Crippen LogP contribution is -2.45. The Hall–Kier alpha value is -1.39. The Morgan fingerprint density at radius 1 is 1.24 bits per heavy atom. The molecule has 118 valence electrons. The minimum absolute atomic E-state index is 0.0742. The predicted octanol–water partition coefficient (Wildman–Crippen LogP) is 2.13. The van der Waals surface area contributed by atoms with Crippen LogP contribution in [-0.2, 0) is 11.3 Å². The van der Waals surface area contributed by atoms with Crippen LogP contribution in [0.15, 0.2) is 30.3 Å². The highest BCUT2D eigenvalue weighted by Crippen LogP contribution is 2.11. The van der Waals surface area contributed by atoms with Crippen molar-refractivity contribution in [3.05, 3.63) is 35.9 Å². The maximum absolute atomic E-state index is 12.3. The molecule has 4 nitrogen and oxygen atoms in total. The molecule has 0 aliphatic rings. The fourth-order valence-electron chi connectivity index (χ4n) is 2.15. The first-order valence-corrected chi connectivity index (χ1v) is 7.43. The SMILES string of the molecule is CC(C)N(C)C(=O)CN(Cc1ccccc1)CC(C)(C)O. The number of amides is 1. The largest absolute Gasteiger partial charge is 0.389 e. The van der Waals surface area contributed by atoms with E-state index < -0.39 is 5.60 Å². The van der Waals surface area contributed by atoms with Gasteiger partial charge in [0.15, 0.2) is 0 Å². The molecule has 0 saturated heterocycles. The summed E-state index contributed by atoms with van der Waals surface area (Å²) >= 11 is 0. The van der Waals surface area contributed by atoms with Crippen molar-refractivity contribution in [1.29, 1.82) is 0 Å². The lowest BCUT2D eigenvalue weighted by molar-refractivity contribution is -0.133. The molecule has 0 aliphatic carbocycles. The summed E-state index contributed by atoms with van der Waals surface area (Å²) in [7, 11) is 1.82. The topological polar surface area (TPSA) is 43.8 Å². The van der Waals surface area contributed by atoms with Gasteiger partial charge in [0, 0.05) is 26.2 Å². The molecular weight excluding hydrogens is 264 g/mol. The number of rotatable bonds is 7. The quantitative estimate of drug-likeness (QED) is 0.837. The Balaban J connectivity index is 2.75. The molecule has 1 rings (SSSR count). The zero-order chi connectivity index (χ0) is 16.0. The average molecular weight is 292 g/mol. The zero-order valence-corrected chi connectivity index (χ0v) is 13.8. The van der Waals surface area contributed by atoms with Crippen molar-refractivity contribution in [2.75, 3.05) is 20.1 Å². The van der Waals surface area contributed by atoms with Crippen LogP contribution in [0.5, 0.6) is 0 Å². The van der Waals surface area contributed by atoms with Gasteiger partial charge < -0.3 is 10.0 Å². The highest BCUT2D eigenvalue weighted by Gasteiger charge is 2.22. The molecule has 1 N–H and O–H groups in total. The maximum atomic E-state index is 12.3. The van der Waals surface area contributed by atoms with Crippen LogP contribution in [0.4, 0.5) is 0 Å². The van der Waals surface area contributed by atoms with Crippen molar-refractivity contribution in [2.45, 2.75) is 45.9 Å². The van der Waals surface area contributed by atoms with Crippen LogP contribution in [0.1, 0.15) is 33.3 Å². The van der Waals surface area contributed by atoms with E-state index in [0.29, 0.717) is 19.6 Å². The van der Waals surface area contributed by atoms with E-state index in [1.807, 2.05) is 56.1 Å². The van der Waals surface area contributed by atoms with Crippen LogP contribution in [-0.4, -0.2) is 52.6 Å². The molecule has 0 saturated carbocycles. The van der Waals surface area contributed by atoms with Gasteiger partial charge in [-0.05, 0) is 33.3 Å². The molecule has 0 aliphatic heterocycles. The summed E-state index contributed by atoms with van der Waals surface area (Å²) in [5.74, 6) is 0.0742. The molecule has 1 aromatic rings. The lowest BCUT2D eigenvalue weighted by atomic mass is 10.1. The van der Waals surface area contributed by atoms with Gasteiger partial charge in [-0.3, -0.25) is 9.69 Å². The van der Waals surface area contributed by atoms with Crippen molar-refractivity contribution in [2.24, 2.45) is 0 Å². The van der Waals surface area contributed by atoms with Crippen LogP contribution in [0.25, 0.3) is 0 Å². The zero-order valence-electron chi connectivity index (χ0n) is 13.8. The molecule has 0 spiro atoms. The second-order valence-electron chi connectivity index (χ2n) is 6.54. The first-order chi connectivity index (χ1) is 9.69. The standard InChI is InChI=1S/C17H28N2O2/c1-14(2)18(5)16(20)12-19(13-17(3,4)21)11-15-9-7-6-8-10-15/h6-10,14,21H,11-13H2,1-5H3. The predicted molar refractivity (Wildman–Crippen MR) is 85.9 cm³/mol. The Kier molecular flexibility index (Phi) is 6.37. The minimum Gasteiger partial charge on any atom is -0.389 e. The van der Waals surface area contributed by atoms with Crippen LogP contribution in [0, 0.1) is 0 Å². The highest BCUT2D eigenvalue weighted by atomic mass is 16.3. The van der Waals surface area contributed by atoms with E-state index in [1.165, 1.54) is 0 Å². The molecular formula is C17H28N2O2. The van der Waals surface area contributed by atoms with E-state index in [0.717, 1.165) is 5.56 Å². The number of nitrogens with zero attached hydrogens (tertiary/aromatic N) is 2. The van der Waals surface area contributed by atoms with Crippen molar-refractivity contribution in [3.8, 4) is 0 Å². The molecule has 0 radical (unpaired) electrons. The van der Waals surface area contributed by atoms with Gasteiger partial charge in [-0.25, -0.2) is 0 Å². The first-order valence-electron chi connectivity index (χ1n) is 7.43. The average Bonchev–Trinajstić information content (AvgIpc) is 2.36. The first kappa shape index (κ1) is 17.7. The molecule has 0 heterocycles. The van der Waals surface area contributed by atoms with Gasteiger partial charge in [0.05, 0.1) is 12.1 Å². The second-order valence-corrected chi connectivity index (χ2v) is 6.54. The van der Waals surface area contributed by atoms with E-state index >= 15 is 0 Å². The van der Waals surface area contributed by atoms with Crippen LogP contribution >= 0.6 is 0 Å². The second kappa shape index (κ2) is 7.57.